The summed E-state index contributed by atoms with van der Waals surface area (Å²) in [6, 6.07) is 18.4. The molecule has 5 nitrogen and oxygen atoms in total. The van der Waals surface area contributed by atoms with E-state index in [0.29, 0.717) is 11.3 Å². The molecule has 4 N–H and O–H groups in total. The molecule has 1 aliphatic heterocycles. The van der Waals surface area contributed by atoms with Gasteiger partial charge in [-0.15, -0.1) is 0 Å². The third kappa shape index (κ3) is 2.19. The molecule has 21 heavy (non-hydrogen) atoms. The fourth-order valence-corrected chi connectivity index (χ4v) is 2.48. The Kier molecular flexibility index (Phi) is 3.42. The van der Waals surface area contributed by atoms with Crippen molar-refractivity contribution in [1.29, 1.82) is 0 Å². The highest BCUT2D eigenvalue weighted by Gasteiger charge is 2.45. The molecule has 1 atom stereocenters. The highest BCUT2D eigenvalue weighted by atomic mass is 32.1. The first-order valence-electron chi connectivity index (χ1n) is 6.40. The first-order chi connectivity index (χ1) is 10.1. The summed E-state index contributed by atoms with van der Waals surface area (Å²) in [5.74, 6) is 6.02. The average Bonchev–Trinajstić information content (AvgIpc) is 2.54. The number of thiocarbonyl (C=S) groups is 1. The maximum Gasteiger partial charge on any atom is 0.226 e. The minimum Gasteiger partial charge on any atom is -0.361 e. The molecule has 106 valence electrons. The van der Waals surface area contributed by atoms with E-state index >= 15 is 0 Å². The van der Waals surface area contributed by atoms with Crippen LogP contribution in [0, 0.1) is 0 Å². The normalized spacial score (nSPS) is 21.7. The molecule has 2 aromatic carbocycles. The van der Waals surface area contributed by atoms with Gasteiger partial charge in [-0.2, -0.15) is 5.10 Å². The number of hydrogen-bond donors (Lipinski definition) is 3. The van der Waals surface area contributed by atoms with Crippen LogP contribution in [0.15, 0.2) is 65.8 Å². The Morgan fingerprint density at radius 2 is 1.62 bits per heavy atom. The first-order valence-corrected chi connectivity index (χ1v) is 6.81. The van der Waals surface area contributed by atoms with Gasteiger partial charge in [0.25, 0.3) is 0 Å². The van der Waals surface area contributed by atoms with Crippen LogP contribution < -0.4 is 11.3 Å². The average molecular weight is 298 g/mol. The Labute approximate surface area is 127 Å². The van der Waals surface area contributed by atoms with Gasteiger partial charge in [-0.1, -0.05) is 60.7 Å². The molecule has 1 heterocycles. The van der Waals surface area contributed by atoms with Gasteiger partial charge in [0, 0.05) is 11.1 Å². The van der Waals surface area contributed by atoms with Crippen molar-refractivity contribution in [3.05, 3.63) is 71.8 Å². The van der Waals surface area contributed by atoms with Gasteiger partial charge >= 0.3 is 0 Å². The van der Waals surface area contributed by atoms with Crippen LogP contribution in [0.3, 0.4) is 0 Å². The molecular formula is C15H14N4OS. The SMILES string of the molecule is NN1C(=S)NN=C(c2ccccc2)C1(O)c1ccccc1. The van der Waals surface area contributed by atoms with Crippen molar-refractivity contribution in [2.24, 2.45) is 10.9 Å². The number of nitrogens with zero attached hydrogens (tertiary/aromatic N) is 2. The van der Waals surface area contributed by atoms with E-state index in [1.807, 2.05) is 48.5 Å². The Morgan fingerprint density at radius 1 is 1.05 bits per heavy atom. The summed E-state index contributed by atoms with van der Waals surface area (Å²) in [4.78, 5) is 0. The molecule has 2 aromatic rings. The summed E-state index contributed by atoms with van der Waals surface area (Å²) in [7, 11) is 0. The summed E-state index contributed by atoms with van der Waals surface area (Å²) in [6.45, 7) is 0. The predicted octanol–water partition coefficient (Wildman–Crippen LogP) is 1.30. The van der Waals surface area contributed by atoms with Crippen molar-refractivity contribution in [2.45, 2.75) is 5.72 Å². The van der Waals surface area contributed by atoms with Gasteiger partial charge in [0.2, 0.25) is 10.8 Å². The molecule has 0 saturated heterocycles. The van der Waals surface area contributed by atoms with Crippen LogP contribution in [-0.2, 0) is 5.72 Å². The van der Waals surface area contributed by atoms with Gasteiger partial charge < -0.3 is 5.11 Å². The largest absolute Gasteiger partial charge is 0.361 e. The lowest BCUT2D eigenvalue weighted by Crippen LogP contribution is -2.63. The minimum atomic E-state index is -1.62. The van der Waals surface area contributed by atoms with Crippen molar-refractivity contribution in [3.63, 3.8) is 0 Å². The highest BCUT2D eigenvalue weighted by molar-refractivity contribution is 7.80. The highest BCUT2D eigenvalue weighted by Crippen LogP contribution is 2.30. The van der Waals surface area contributed by atoms with Crippen LogP contribution in [0.5, 0.6) is 0 Å². The topological polar surface area (TPSA) is 73.9 Å². The van der Waals surface area contributed by atoms with Crippen molar-refractivity contribution in [3.8, 4) is 0 Å². The zero-order valence-electron chi connectivity index (χ0n) is 11.1. The number of hydrazine groups is 1. The molecule has 0 fully saturated rings. The molecule has 0 aromatic heterocycles. The van der Waals surface area contributed by atoms with Gasteiger partial charge in [0.05, 0.1) is 0 Å². The van der Waals surface area contributed by atoms with Crippen molar-refractivity contribution < 1.29 is 5.11 Å². The van der Waals surface area contributed by atoms with Gasteiger partial charge in [0.1, 0.15) is 5.71 Å². The molecule has 3 rings (SSSR count). The summed E-state index contributed by atoms with van der Waals surface area (Å²) in [5, 5.41) is 16.7. The summed E-state index contributed by atoms with van der Waals surface area (Å²) < 4.78 is 0. The quantitative estimate of drug-likeness (QED) is 0.576. The maximum absolute atomic E-state index is 11.2. The van der Waals surface area contributed by atoms with Crippen LogP contribution in [0.2, 0.25) is 0 Å². The van der Waals surface area contributed by atoms with Crippen LogP contribution in [0.4, 0.5) is 0 Å². The molecule has 1 aliphatic rings. The lowest BCUT2D eigenvalue weighted by Gasteiger charge is -2.41. The molecule has 0 amide bonds. The van der Waals surface area contributed by atoms with E-state index in [0.717, 1.165) is 10.6 Å². The second kappa shape index (κ2) is 5.25. The van der Waals surface area contributed by atoms with Gasteiger partial charge in [-0.25, -0.2) is 10.9 Å². The van der Waals surface area contributed by atoms with E-state index in [1.54, 1.807) is 12.1 Å². The third-order valence-corrected chi connectivity index (χ3v) is 3.67. The fourth-order valence-electron chi connectivity index (χ4n) is 2.30. The molecule has 1 unspecified atom stereocenters. The lowest BCUT2D eigenvalue weighted by atomic mass is 9.91. The van der Waals surface area contributed by atoms with Crippen molar-refractivity contribution >= 4 is 23.0 Å². The second-order valence-electron chi connectivity index (χ2n) is 4.65. The second-order valence-corrected chi connectivity index (χ2v) is 5.04. The van der Waals surface area contributed by atoms with Crippen LogP contribution in [0.25, 0.3) is 0 Å². The number of aliphatic hydroxyl groups is 1. The Balaban J connectivity index is 2.19. The van der Waals surface area contributed by atoms with E-state index in [4.69, 9.17) is 18.1 Å². The van der Waals surface area contributed by atoms with E-state index in [1.165, 1.54) is 0 Å². The molecule has 6 heteroatoms. The fraction of sp³-hybridized carbons (Fsp3) is 0.0667. The van der Waals surface area contributed by atoms with Gasteiger partial charge in [-0.3, -0.25) is 5.43 Å². The monoisotopic (exact) mass is 298 g/mol. The van der Waals surface area contributed by atoms with Crippen molar-refractivity contribution in [1.82, 2.24) is 10.4 Å². The molecule has 0 spiro atoms. The Bertz CT molecular complexity index is 689. The van der Waals surface area contributed by atoms with Gasteiger partial charge in [-0.05, 0) is 12.2 Å². The standard InChI is InChI=1S/C15H14N4OS/c16-19-14(21)18-17-13(11-7-3-1-4-8-11)15(19,20)12-9-5-2-6-10-12/h1-10,20H,16H2,(H,18,21). The van der Waals surface area contributed by atoms with Crippen LogP contribution in [-0.4, -0.2) is 20.9 Å². The van der Waals surface area contributed by atoms with E-state index < -0.39 is 5.72 Å². The summed E-state index contributed by atoms with van der Waals surface area (Å²) >= 11 is 5.10. The number of benzene rings is 2. The van der Waals surface area contributed by atoms with Crippen LogP contribution in [0.1, 0.15) is 11.1 Å². The Morgan fingerprint density at radius 3 is 2.24 bits per heavy atom. The molecule has 0 radical (unpaired) electrons. The van der Waals surface area contributed by atoms with Crippen molar-refractivity contribution in [2.75, 3.05) is 0 Å². The zero-order valence-corrected chi connectivity index (χ0v) is 11.9. The smallest absolute Gasteiger partial charge is 0.226 e. The molecule has 0 bridgehead atoms. The number of nitrogens with two attached hydrogens (primary N) is 1. The maximum atomic E-state index is 11.2. The summed E-state index contributed by atoms with van der Waals surface area (Å²) in [5.41, 5.74) is 2.79. The van der Waals surface area contributed by atoms with Crippen LogP contribution >= 0.6 is 12.2 Å². The number of nitrogens with one attached hydrogen (secondary N) is 1. The zero-order chi connectivity index (χ0) is 14.9. The number of hydrazone groups is 1. The number of rotatable bonds is 2. The predicted molar refractivity (Wildman–Crippen MR) is 85.1 cm³/mol. The third-order valence-electron chi connectivity index (χ3n) is 3.38. The molecule has 0 aliphatic carbocycles. The molecule has 0 saturated carbocycles. The van der Waals surface area contributed by atoms with E-state index in [-0.39, 0.29) is 5.11 Å². The first kappa shape index (κ1) is 13.7. The van der Waals surface area contributed by atoms with E-state index in [2.05, 4.69) is 10.5 Å². The Hall–Kier alpha value is -2.28. The van der Waals surface area contributed by atoms with E-state index in [9.17, 15) is 5.11 Å². The van der Waals surface area contributed by atoms with Gasteiger partial charge in [0.15, 0.2) is 0 Å². The molecular weight excluding hydrogens is 284 g/mol. The summed E-state index contributed by atoms with van der Waals surface area (Å²) in [6.07, 6.45) is 0. The lowest BCUT2D eigenvalue weighted by molar-refractivity contribution is -0.0155. The number of hydrogen-bond acceptors (Lipinski definition) is 4. The minimum absolute atomic E-state index is 0.154.